The second-order valence-electron chi connectivity index (χ2n) is 7.13. The molecule has 13 heteroatoms. The quantitative estimate of drug-likeness (QED) is 0.189. The maximum atomic E-state index is 13.0. The Hall–Kier alpha value is -3.30. The van der Waals surface area contributed by atoms with E-state index < -0.39 is 21.0 Å². The lowest BCUT2D eigenvalue weighted by Crippen LogP contribution is -2.26. The molecule has 1 aromatic heterocycles. The molecule has 2 aromatic carbocycles. The van der Waals surface area contributed by atoms with Crippen molar-refractivity contribution < 1.29 is 23.2 Å². The van der Waals surface area contributed by atoms with Crippen LogP contribution in [0.15, 0.2) is 35.2 Å². The molecule has 3 rings (SSSR count). The first kappa shape index (κ1) is 25.3. The Labute approximate surface area is 204 Å². The molecule has 178 valence electrons. The lowest BCUT2D eigenvalue weighted by molar-refractivity contribution is -0.385. The topological polar surface area (TPSA) is 154 Å². The van der Waals surface area contributed by atoms with E-state index in [9.17, 15) is 23.3 Å². The number of fused-ring (bicyclic) bond motifs is 1. The van der Waals surface area contributed by atoms with Gasteiger partial charge in [0.25, 0.3) is 5.69 Å². The smallest absolute Gasteiger partial charge is 0.404 e. The van der Waals surface area contributed by atoms with Gasteiger partial charge in [-0.05, 0) is 35.7 Å². The molecule has 0 aliphatic rings. The van der Waals surface area contributed by atoms with Crippen LogP contribution in [0.5, 0.6) is 0 Å². The predicted molar refractivity (Wildman–Crippen MR) is 128 cm³/mol. The summed E-state index contributed by atoms with van der Waals surface area (Å²) in [4.78, 5) is 24.1. The van der Waals surface area contributed by atoms with Crippen molar-refractivity contribution in [2.75, 3.05) is 6.54 Å². The Morgan fingerprint density at radius 1 is 1.26 bits per heavy atom. The van der Waals surface area contributed by atoms with Gasteiger partial charge in [-0.15, -0.1) is 12.3 Å². The molecule has 0 saturated heterocycles. The number of amides is 1. The third kappa shape index (κ3) is 5.60. The molecule has 4 N–H and O–H groups in total. The van der Waals surface area contributed by atoms with E-state index in [1.165, 1.54) is 6.07 Å². The molecule has 0 aliphatic carbocycles. The molecule has 0 unspecified atom stereocenters. The molecule has 0 radical (unpaired) electrons. The first-order chi connectivity index (χ1) is 16.0. The first-order valence-electron chi connectivity index (χ1n) is 9.69. The molecule has 0 aliphatic heterocycles. The highest BCUT2D eigenvalue weighted by atomic mass is 35.5. The van der Waals surface area contributed by atoms with Crippen molar-refractivity contribution in [3.8, 4) is 12.3 Å². The number of nitro benzene ring substituents is 1. The number of sulfonamides is 1. The van der Waals surface area contributed by atoms with E-state index in [0.29, 0.717) is 32.2 Å². The van der Waals surface area contributed by atoms with E-state index in [-0.39, 0.29) is 42.1 Å². The number of halogens is 2. The van der Waals surface area contributed by atoms with E-state index in [4.69, 9.17) is 34.7 Å². The molecule has 10 nitrogen and oxygen atoms in total. The van der Waals surface area contributed by atoms with Crippen molar-refractivity contribution in [3.05, 3.63) is 67.3 Å². The number of H-pyrrole nitrogens is 1. The van der Waals surface area contributed by atoms with Crippen molar-refractivity contribution in [1.82, 2.24) is 15.0 Å². The minimum atomic E-state index is -4.12. The summed E-state index contributed by atoms with van der Waals surface area (Å²) in [7, 11) is -4.12. The fourth-order valence-corrected chi connectivity index (χ4v) is 5.25. The van der Waals surface area contributed by atoms with Crippen LogP contribution in [0, 0.1) is 22.5 Å². The summed E-state index contributed by atoms with van der Waals surface area (Å²) in [5.41, 5.74) is 1.44. The summed E-state index contributed by atoms with van der Waals surface area (Å²) >= 11 is 12.4. The number of nitro groups is 1. The molecular weight excluding hydrogens is 507 g/mol. The lowest BCUT2D eigenvalue weighted by Gasteiger charge is -2.11. The second-order valence-corrected chi connectivity index (χ2v) is 9.71. The summed E-state index contributed by atoms with van der Waals surface area (Å²) in [6.45, 7) is -0.124. The van der Waals surface area contributed by atoms with Gasteiger partial charge in [0.15, 0.2) is 0 Å². The number of aromatic amines is 1. The number of hydrogen-bond acceptors (Lipinski definition) is 5. The number of hydrogen-bond donors (Lipinski definition) is 4. The normalized spacial score (nSPS) is 11.3. The number of terminal acetylenes is 1. The van der Waals surface area contributed by atoms with Crippen LogP contribution in [0.25, 0.3) is 10.9 Å². The van der Waals surface area contributed by atoms with E-state index in [1.807, 2.05) is 0 Å². The van der Waals surface area contributed by atoms with Gasteiger partial charge >= 0.3 is 6.09 Å². The predicted octanol–water partition coefficient (Wildman–Crippen LogP) is 3.85. The summed E-state index contributed by atoms with van der Waals surface area (Å²) in [6, 6.07) is 6.52. The summed E-state index contributed by atoms with van der Waals surface area (Å²) in [6.07, 6.45) is 4.23. The van der Waals surface area contributed by atoms with Gasteiger partial charge in [0, 0.05) is 41.2 Å². The number of nitrogens with one attached hydrogen (secondary N) is 3. The SMILES string of the molecule is C#CCc1cc([N+](=O)[O-])ccc1S(=O)(=O)NCc1[nH]c2c(Cl)cc(Cl)cc2c1CCNC(=O)O. The number of rotatable bonds is 9. The third-order valence-electron chi connectivity index (χ3n) is 4.95. The van der Waals surface area contributed by atoms with Gasteiger partial charge < -0.3 is 15.4 Å². The Morgan fingerprint density at radius 2 is 2.00 bits per heavy atom. The van der Waals surface area contributed by atoms with Gasteiger partial charge in [-0.25, -0.2) is 17.9 Å². The van der Waals surface area contributed by atoms with Gasteiger partial charge in [0.2, 0.25) is 10.0 Å². The van der Waals surface area contributed by atoms with Crippen LogP contribution in [0.4, 0.5) is 10.5 Å². The molecular formula is C21H18Cl2N4O6S. The molecule has 0 bridgehead atoms. The van der Waals surface area contributed by atoms with Gasteiger partial charge in [0.05, 0.1) is 26.9 Å². The number of nitrogens with zero attached hydrogens (tertiary/aromatic N) is 1. The standard InChI is InChI=1S/C21H18Cl2N4O6S/c1-2-3-12-8-14(27(30)31)4-5-19(12)34(32,33)25-11-18-15(6-7-24-21(28)29)16-9-13(22)10-17(23)20(16)26-18/h1,4-5,8-10,24-26H,3,6-7,11H2,(H,28,29). The van der Waals surface area contributed by atoms with Crippen LogP contribution in [0.3, 0.4) is 0 Å². The average Bonchev–Trinajstić information content (AvgIpc) is 3.10. The fraction of sp³-hybridized carbons (Fsp3) is 0.190. The van der Waals surface area contributed by atoms with E-state index >= 15 is 0 Å². The highest BCUT2D eigenvalue weighted by Gasteiger charge is 2.22. The minimum absolute atomic E-state index is 0.0703. The summed E-state index contributed by atoms with van der Waals surface area (Å²) in [5, 5.41) is 23.5. The van der Waals surface area contributed by atoms with Crippen LogP contribution >= 0.6 is 23.2 Å². The molecule has 1 amide bonds. The van der Waals surface area contributed by atoms with E-state index in [0.717, 1.165) is 18.2 Å². The zero-order chi connectivity index (χ0) is 25.0. The van der Waals surface area contributed by atoms with Crippen LogP contribution in [-0.4, -0.2) is 36.1 Å². The fourth-order valence-electron chi connectivity index (χ4n) is 3.49. The zero-order valence-electron chi connectivity index (χ0n) is 17.4. The molecule has 3 aromatic rings. The Kier molecular flexibility index (Phi) is 7.68. The Bertz CT molecular complexity index is 1430. The Morgan fingerprint density at radius 3 is 2.65 bits per heavy atom. The molecule has 0 saturated carbocycles. The summed E-state index contributed by atoms with van der Waals surface area (Å²) in [5.74, 6) is 2.30. The van der Waals surface area contributed by atoms with Gasteiger partial charge in [-0.1, -0.05) is 23.2 Å². The van der Waals surface area contributed by atoms with Crippen LogP contribution < -0.4 is 10.0 Å². The van der Waals surface area contributed by atoms with Crippen LogP contribution in [-0.2, 0) is 29.4 Å². The minimum Gasteiger partial charge on any atom is -0.465 e. The van der Waals surface area contributed by atoms with Gasteiger partial charge in [-0.3, -0.25) is 10.1 Å². The highest BCUT2D eigenvalue weighted by molar-refractivity contribution is 7.89. The second kappa shape index (κ2) is 10.3. The van der Waals surface area contributed by atoms with Crippen LogP contribution in [0.1, 0.15) is 16.8 Å². The maximum Gasteiger partial charge on any atom is 0.404 e. The van der Waals surface area contributed by atoms with Crippen molar-refractivity contribution in [2.45, 2.75) is 24.3 Å². The van der Waals surface area contributed by atoms with Gasteiger partial charge in [-0.2, -0.15) is 0 Å². The van der Waals surface area contributed by atoms with Crippen molar-refractivity contribution in [1.29, 1.82) is 0 Å². The average molecular weight is 525 g/mol. The maximum absolute atomic E-state index is 13.0. The van der Waals surface area contributed by atoms with Gasteiger partial charge in [0.1, 0.15) is 0 Å². The molecule has 34 heavy (non-hydrogen) atoms. The van der Waals surface area contributed by atoms with Crippen molar-refractivity contribution >= 4 is 55.9 Å². The largest absolute Gasteiger partial charge is 0.465 e. The Balaban J connectivity index is 1.96. The van der Waals surface area contributed by atoms with Crippen molar-refractivity contribution in [3.63, 3.8) is 0 Å². The number of carboxylic acid groups (broad SMARTS) is 1. The summed E-state index contributed by atoms with van der Waals surface area (Å²) < 4.78 is 28.5. The molecule has 0 fully saturated rings. The van der Waals surface area contributed by atoms with E-state index in [1.54, 1.807) is 6.07 Å². The monoisotopic (exact) mass is 524 g/mol. The molecule has 0 spiro atoms. The zero-order valence-corrected chi connectivity index (χ0v) is 19.7. The number of benzene rings is 2. The molecule has 0 atom stereocenters. The van der Waals surface area contributed by atoms with Crippen molar-refractivity contribution in [2.24, 2.45) is 0 Å². The molecule has 1 heterocycles. The highest BCUT2D eigenvalue weighted by Crippen LogP contribution is 2.32. The van der Waals surface area contributed by atoms with Crippen LogP contribution in [0.2, 0.25) is 10.0 Å². The van der Waals surface area contributed by atoms with E-state index in [2.05, 4.69) is 20.9 Å². The third-order valence-corrected chi connectivity index (χ3v) is 6.97. The first-order valence-corrected chi connectivity index (χ1v) is 11.9. The lowest BCUT2D eigenvalue weighted by atomic mass is 10.1. The number of aromatic nitrogens is 1. The number of non-ortho nitro benzene ring substituents is 1. The number of carbonyl (C=O) groups is 1.